The quantitative estimate of drug-likeness (QED) is 0.464. The van der Waals surface area contributed by atoms with Crippen molar-refractivity contribution in [2.24, 2.45) is 0 Å². The second kappa shape index (κ2) is 10.8. The van der Waals surface area contributed by atoms with Crippen LogP contribution >= 0.6 is 0 Å². The van der Waals surface area contributed by atoms with Crippen LogP contribution in [0.1, 0.15) is 54.1 Å². The number of benzene rings is 2. The summed E-state index contributed by atoms with van der Waals surface area (Å²) in [6.07, 6.45) is 2.71. The van der Waals surface area contributed by atoms with Crippen LogP contribution in [0.15, 0.2) is 48.7 Å². The van der Waals surface area contributed by atoms with Gasteiger partial charge < -0.3 is 20.3 Å². The Morgan fingerprint density at radius 1 is 1.11 bits per heavy atom. The summed E-state index contributed by atoms with van der Waals surface area (Å²) in [7, 11) is 1.22. The largest absolute Gasteiger partial charge is 0.465 e. The van der Waals surface area contributed by atoms with Crippen LogP contribution in [-0.2, 0) is 9.53 Å². The highest BCUT2D eigenvalue weighted by atomic mass is 19.1. The van der Waals surface area contributed by atoms with Crippen LogP contribution in [0.2, 0.25) is 0 Å². The van der Waals surface area contributed by atoms with Crippen molar-refractivity contribution in [2.45, 2.75) is 45.6 Å². The fourth-order valence-corrected chi connectivity index (χ4v) is 4.55. The average molecular weight is 508 g/mol. The van der Waals surface area contributed by atoms with Gasteiger partial charge in [0.2, 0.25) is 5.91 Å². The number of aryl methyl sites for hydroxylation is 1. The first-order valence-electron chi connectivity index (χ1n) is 12.1. The van der Waals surface area contributed by atoms with E-state index >= 15 is 0 Å². The molecule has 37 heavy (non-hydrogen) atoms. The summed E-state index contributed by atoms with van der Waals surface area (Å²) in [5.74, 6) is -1.08. The number of halogens is 1. The van der Waals surface area contributed by atoms with E-state index in [4.69, 9.17) is 0 Å². The van der Waals surface area contributed by atoms with Gasteiger partial charge in [-0.15, -0.1) is 5.10 Å². The van der Waals surface area contributed by atoms with Crippen molar-refractivity contribution in [3.63, 3.8) is 0 Å². The number of hydrogen-bond donors (Lipinski definition) is 2. The molecule has 4 rings (SSSR count). The topological polar surface area (TPSA) is 106 Å². The first-order valence-corrected chi connectivity index (χ1v) is 12.1. The van der Waals surface area contributed by atoms with Gasteiger partial charge >= 0.3 is 12.0 Å². The van der Waals surface area contributed by atoms with Crippen molar-refractivity contribution in [3.05, 3.63) is 71.2 Å². The molecule has 9 nitrogen and oxygen atoms in total. The summed E-state index contributed by atoms with van der Waals surface area (Å²) in [6.45, 7) is 6.71. The molecule has 1 fully saturated rings. The molecule has 1 saturated heterocycles. The lowest BCUT2D eigenvalue weighted by Crippen LogP contribution is -2.45. The number of nitrogens with one attached hydrogen (secondary N) is 2. The van der Waals surface area contributed by atoms with Crippen molar-refractivity contribution in [2.75, 3.05) is 24.3 Å². The first kappa shape index (κ1) is 25.9. The zero-order chi connectivity index (χ0) is 26.7. The Bertz CT molecular complexity index is 1340. The van der Waals surface area contributed by atoms with E-state index in [9.17, 15) is 18.8 Å². The van der Waals surface area contributed by atoms with Crippen LogP contribution < -0.4 is 10.6 Å². The van der Waals surface area contributed by atoms with Gasteiger partial charge in [0.05, 0.1) is 12.7 Å². The van der Waals surface area contributed by atoms with Crippen LogP contribution in [0.3, 0.4) is 0 Å². The lowest BCUT2D eigenvalue weighted by Gasteiger charge is -2.24. The Morgan fingerprint density at radius 3 is 2.57 bits per heavy atom. The molecule has 3 amide bonds. The number of urea groups is 1. The number of likely N-dealkylation sites (tertiary alicyclic amines) is 1. The smallest absolute Gasteiger partial charge is 0.337 e. The maximum absolute atomic E-state index is 14.5. The molecule has 2 heterocycles. The number of ether oxygens (including phenoxy) is 1. The number of carbonyl (C=O) groups excluding carboxylic acids is 3. The maximum atomic E-state index is 14.5. The third kappa shape index (κ3) is 5.63. The highest BCUT2D eigenvalue weighted by molar-refractivity contribution is 5.99. The lowest BCUT2D eigenvalue weighted by molar-refractivity contribution is -0.119. The minimum atomic E-state index is -0.667. The van der Waals surface area contributed by atoms with Crippen LogP contribution in [0.4, 0.5) is 20.7 Å². The summed E-state index contributed by atoms with van der Waals surface area (Å²) in [5, 5.41) is 9.85. The van der Waals surface area contributed by atoms with E-state index in [0.717, 1.165) is 11.6 Å². The lowest BCUT2D eigenvalue weighted by atomic mass is 9.98. The van der Waals surface area contributed by atoms with E-state index in [-0.39, 0.29) is 29.0 Å². The third-order valence-corrected chi connectivity index (χ3v) is 6.42. The number of esters is 1. The molecule has 1 aromatic heterocycles. The van der Waals surface area contributed by atoms with Gasteiger partial charge in [-0.3, -0.25) is 4.79 Å². The van der Waals surface area contributed by atoms with Crippen molar-refractivity contribution in [1.29, 1.82) is 0 Å². The van der Waals surface area contributed by atoms with Crippen molar-refractivity contribution in [1.82, 2.24) is 14.7 Å². The second-order valence-corrected chi connectivity index (χ2v) is 9.30. The molecule has 0 bridgehead atoms. The van der Waals surface area contributed by atoms with Gasteiger partial charge in [0, 0.05) is 24.5 Å². The molecule has 0 spiro atoms. The SMILES string of the molecule is COC(=O)c1ccc(-n2ccc(NC(=O)[C@H]3CCCN3C(=O)Nc3ccc(C(C)C)c(C)c3)n2)c(F)c1. The molecule has 0 radical (unpaired) electrons. The summed E-state index contributed by atoms with van der Waals surface area (Å²) < 4.78 is 20.4. The van der Waals surface area contributed by atoms with Crippen molar-refractivity contribution in [3.8, 4) is 5.69 Å². The number of carbonyl (C=O) groups is 3. The summed E-state index contributed by atoms with van der Waals surface area (Å²) in [4.78, 5) is 39.1. The molecule has 0 unspecified atom stereocenters. The van der Waals surface area contributed by atoms with Crippen LogP contribution in [0.5, 0.6) is 0 Å². The van der Waals surface area contributed by atoms with Crippen molar-refractivity contribution < 1.29 is 23.5 Å². The number of methoxy groups -OCH3 is 1. The third-order valence-electron chi connectivity index (χ3n) is 6.42. The van der Waals surface area contributed by atoms with E-state index in [2.05, 4.69) is 34.3 Å². The Kier molecular flexibility index (Phi) is 7.56. The van der Waals surface area contributed by atoms with Crippen LogP contribution in [0.25, 0.3) is 5.69 Å². The molecule has 2 aromatic carbocycles. The number of hydrogen-bond acceptors (Lipinski definition) is 5. The van der Waals surface area contributed by atoms with Gasteiger partial charge in [-0.25, -0.2) is 18.7 Å². The summed E-state index contributed by atoms with van der Waals surface area (Å²) in [5.41, 5.74) is 3.17. The van der Waals surface area contributed by atoms with E-state index < -0.39 is 17.8 Å². The fraction of sp³-hybridized carbons (Fsp3) is 0.333. The van der Waals surface area contributed by atoms with Crippen LogP contribution in [-0.4, -0.2) is 52.3 Å². The molecule has 1 atom stereocenters. The number of amides is 3. The summed E-state index contributed by atoms with van der Waals surface area (Å²) >= 11 is 0. The Labute approximate surface area is 214 Å². The monoisotopic (exact) mass is 507 g/mol. The highest BCUT2D eigenvalue weighted by Crippen LogP contribution is 2.25. The molecule has 194 valence electrons. The van der Waals surface area contributed by atoms with Gasteiger partial charge in [0.1, 0.15) is 17.5 Å². The van der Waals surface area contributed by atoms with Crippen molar-refractivity contribution >= 4 is 29.4 Å². The minimum absolute atomic E-state index is 0.0788. The minimum Gasteiger partial charge on any atom is -0.465 e. The zero-order valence-corrected chi connectivity index (χ0v) is 21.2. The van der Waals surface area contributed by atoms with E-state index in [1.165, 1.54) is 46.7 Å². The van der Waals surface area contributed by atoms with Gasteiger partial charge in [0.25, 0.3) is 0 Å². The number of aromatic nitrogens is 2. The normalized spacial score (nSPS) is 15.1. The summed E-state index contributed by atoms with van der Waals surface area (Å²) in [6, 6.07) is 10.2. The standard InChI is InChI=1S/C27H30FN5O4/c1-16(2)20-9-8-19(14-17(20)3)29-27(36)32-12-5-6-23(32)25(34)30-24-11-13-33(31-24)22-10-7-18(15-21(22)28)26(35)37-4/h7-11,13-16,23H,5-6,12H2,1-4H3,(H,29,36)(H,30,31,34)/t23-/m1/s1. The fourth-order valence-electron chi connectivity index (χ4n) is 4.55. The first-order chi connectivity index (χ1) is 17.7. The highest BCUT2D eigenvalue weighted by Gasteiger charge is 2.34. The second-order valence-electron chi connectivity index (χ2n) is 9.30. The molecule has 1 aliphatic heterocycles. The number of nitrogens with zero attached hydrogens (tertiary/aromatic N) is 3. The molecule has 0 aliphatic carbocycles. The Morgan fingerprint density at radius 2 is 1.89 bits per heavy atom. The Hall–Kier alpha value is -4.21. The molecule has 3 aromatic rings. The van der Waals surface area contributed by atoms with Gasteiger partial charge in [0.15, 0.2) is 5.82 Å². The molecule has 1 aliphatic rings. The molecule has 2 N–H and O–H groups in total. The average Bonchev–Trinajstić information content (AvgIpc) is 3.53. The molecule has 10 heteroatoms. The maximum Gasteiger partial charge on any atom is 0.337 e. The Balaban J connectivity index is 1.42. The predicted octanol–water partition coefficient (Wildman–Crippen LogP) is 4.86. The van der Waals surface area contributed by atoms with Gasteiger partial charge in [-0.05, 0) is 67.1 Å². The van der Waals surface area contributed by atoms with Gasteiger partial charge in [-0.1, -0.05) is 19.9 Å². The molecular formula is C27H30FN5O4. The number of anilines is 2. The van der Waals surface area contributed by atoms with Crippen LogP contribution in [0, 0.1) is 12.7 Å². The van der Waals surface area contributed by atoms with E-state index in [1.54, 1.807) is 0 Å². The van der Waals surface area contributed by atoms with E-state index in [1.807, 2.05) is 25.1 Å². The predicted molar refractivity (Wildman–Crippen MR) is 138 cm³/mol. The zero-order valence-electron chi connectivity index (χ0n) is 21.2. The molecular weight excluding hydrogens is 477 g/mol. The van der Waals surface area contributed by atoms with Gasteiger partial charge in [-0.2, -0.15) is 0 Å². The number of rotatable bonds is 6. The van der Waals surface area contributed by atoms with E-state index in [0.29, 0.717) is 31.0 Å². The molecule has 0 saturated carbocycles.